The zero-order chi connectivity index (χ0) is 12.2. The number of carbonyl (C=O) groups excluding carboxylic acids is 1. The fourth-order valence-electron chi connectivity index (χ4n) is 1.82. The van der Waals surface area contributed by atoms with Crippen molar-refractivity contribution in [3.63, 3.8) is 0 Å². The molecule has 0 bridgehead atoms. The van der Waals surface area contributed by atoms with Gasteiger partial charge in [0.15, 0.2) is 5.79 Å². The van der Waals surface area contributed by atoms with Crippen LogP contribution in [0.1, 0.15) is 40.5 Å². The third-order valence-corrected chi connectivity index (χ3v) is 2.74. The summed E-state index contributed by atoms with van der Waals surface area (Å²) < 4.78 is 11.0. The lowest BCUT2D eigenvalue weighted by molar-refractivity contribution is -0.140. The molecule has 0 aliphatic carbocycles. The van der Waals surface area contributed by atoms with Crippen molar-refractivity contribution in [1.29, 1.82) is 0 Å². The second-order valence-electron chi connectivity index (χ2n) is 4.89. The fourth-order valence-corrected chi connectivity index (χ4v) is 1.82. The third-order valence-electron chi connectivity index (χ3n) is 2.74. The molecule has 1 fully saturated rings. The maximum Gasteiger partial charge on any atom is 0.222 e. The van der Waals surface area contributed by atoms with E-state index in [9.17, 15) is 4.79 Å². The molecule has 2 atom stereocenters. The summed E-state index contributed by atoms with van der Waals surface area (Å²) in [6.45, 7) is 8.89. The Labute approximate surface area is 97.7 Å². The van der Waals surface area contributed by atoms with Gasteiger partial charge >= 0.3 is 0 Å². The molecule has 2 unspecified atom stereocenters. The van der Waals surface area contributed by atoms with E-state index in [-0.39, 0.29) is 17.9 Å². The van der Waals surface area contributed by atoms with Crippen LogP contribution in [0.3, 0.4) is 0 Å². The van der Waals surface area contributed by atoms with Crippen molar-refractivity contribution < 1.29 is 14.3 Å². The van der Waals surface area contributed by atoms with E-state index in [1.807, 2.05) is 20.8 Å². The molecule has 4 heteroatoms. The van der Waals surface area contributed by atoms with Crippen LogP contribution in [-0.2, 0) is 14.3 Å². The molecule has 16 heavy (non-hydrogen) atoms. The van der Waals surface area contributed by atoms with E-state index in [0.717, 1.165) is 12.8 Å². The van der Waals surface area contributed by atoms with Crippen LogP contribution in [0.5, 0.6) is 0 Å². The van der Waals surface area contributed by atoms with Crippen molar-refractivity contribution in [2.45, 2.75) is 52.4 Å². The molecule has 1 aliphatic heterocycles. The van der Waals surface area contributed by atoms with Crippen molar-refractivity contribution in [2.24, 2.45) is 5.92 Å². The molecule has 0 aromatic rings. The third kappa shape index (κ3) is 4.10. The first-order valence-electron chi connectivity index (χ1n) is 6.04. The van der Waals surface area contributed by atoms with E-state index in [4.69, 9.17) is 9.47 Å². The van der Waals surface area contributed by atoms with Crippen molar-refractivity contribution in [3.05, 3.63) is 0 Å². The Morgan fingerprint density at radius 3 is 2.75 bits per heavy atom. The summed E-state index contributed by atoms with van der Waals surface area (Å²) in [6, 6.07) is 0. The number of hydrogen-bond acceptors (Lipinski definition) is 3. The summed E-state index contributed by atoms with van der Waals surface area (Å²) in [7, 11) is 0. The molecular formula is C12H23NO3. The molecule has 0 aromatic heterocycles. The zero-order valence-electron chi connectivity index (χ0n) is 10.7. The largest absolute Gasteiger partial charge is 0.353 e. The monoisotopic (exact) mass is 229 g/mol. The Balaban J connectivity index is 2.22. The number of rotatable bonds is 5. The molecule has 1 N–H and O–H groups in total. The van der Waals surface area contributed by atoms with Gasteiger partial charge in [0.1, 0.15) is 6.10 Å². The number of carbonyl (C=O) groups is 1. The Morgan fingerprint density at radius 1 is 1.56 bits per heavy atom. The lowest BCUT2D eigenvalue weighted by atomic mass is 10.1. The quantitative estimate of drug-likeness (QED) is 0.780. The minimum Gasteiger partial charge on any atom is -0.353 e. The SMILES string of the molecule is CCCC(C)C(=O)NCC1COC(C)(C)O1. The van der Waals surface area contributed by atoms with E-state index in [2.05, 4.69) is 12.2 Å². The Bertz CT molecular complexity index is 240. The van der Waals surface area contributed by atoms with Crippen LogP contribution in [0.15, 0.2) is 0 Å². The maximum atomic E-state index is 11.6. The van der Waals surface area contributed by atoms with Gasteiger partial charge in [-0.25, -0.2) is 0 Å². The number of nitrogens with one attached hydrogen (secondary N) is 1. The summed E-state index contributed by atoms with van der Waals surface area (Å²) in [6.07, 6.45) is 1.94. The summed E-state index contributed by atoms with van der Waals surface area (Å²) in [4.78, 5) is 11.6. The van der Waals surface area contributed by atoms with E-state index >= 15 is 0 Å². The fraction of sp³-hybridized carbons (Fsp3) is 0.917. The topological polar surface area (TPSA) is 47.6 Å². The molecule has 0 aromatic carbocycles. The predicted octanol–water partition coefficient (Wildman–Crippen LogP) is 1.69. The molecule has 1 saturated heterocycles. The Kier molecular flexibility index (Phi) is 4.74. The van der Waals surface area contributed by atoms with Crippen molar-refractivity contribution in [2.75, 3.05) is 13.2 Å². The van der Waals surface area contributed by atoms with Gasteiger partial charge in [-0.3, -0.25) is 4.79 Å². The van der Waals surface area contributed by atoms with Gasteiger partial charge < -0.3 is 14.8 Å². The molecule has 1 heterocycles. The highest BCUT2D eigenvalue weighted by Gasteiger charge is 2.32. The lowest BCUT2D eigenvalue weighted by Gasteiger charge is -2.18. The second-order valence-corrected chi connectivity index (χ2v) is 4.89. The van der Waals surface area contributed by atoms with Crippen molar-refractivity contribution in [3.8, 4) is 0 Å². The molecule has 4 nitrogen and oxygen atoms in total. The Hall–Kier alpha value is -0.610. The van der Waals surface area contributed by atoms with Crippen LogP contribution < -0.4 is 5.32 Å². The van der Waals surface area contributed by atoms with E-state index in [1.54, 1.807) is 0 Å². The van der Waals surface area contributed by atoms with Crippen LogP contribution >= 0.6 is 0 Å². The van der Waals surface area contributed by atoms with Gasteiger partial charge in [0.05, 0.1) is 6.61 Å². The predicted molar refractivity (Wildman–Crippen MR) is 62.0 cm³/mol. The van der Waals surface area contributed by atoms with Gasteiger partial charge in [-0.05, 0) is 20.3 Å². The highest BCUT2D eigenvalue weighted by Crippen LogP contribution is 2.21. The molecular weight excluding hydrogens is 206 g/mol. The van der Waals surface area contributed by atoms with Crippen LogP contribution in [0.2, 0.25) is 0 Å². The number of hydrogen-bond donors (Lipinski definition) is 1. The highest BCUT2D eigenvalue weighted by atomic mass is 16.7. The van der Waals surface area contributed by atoms with Crippen LogP contribution in [0.25, 0.3) is 0 Å². The average molecular weight is 229 g/mol. The summed E-state index contributed by atoms with van der Waals surface area (Å²) in [5.41, 5.74) is 0. The normalized spacial score (nSPS) is 25.4. The Morgan fingerprint density at radius 2 is 2.25 bits per heavy atom. The minimum absolute atomic E-state index is 0.0206. The van der Waals surface area contributed by atoms with Gasteiger partial charge in [0, 0.05) is 12.5 Å². The maximum absolute atomic E-state index is 11.6. The average Bonchev–Trinajstić information content (AvgIpc) is 2.55. The van der Waals surface area contributed by atoms with E-state index in [1.165, 1.54) is 0 Å². The summed E-state index contributed by atoms with van der Waals surface area (Å²) >= 11 is 0. The van der Waals surface area contributed by atoms with Crippen LogP contribution in [0.4, 0.5) is 0 Å². The molecule has 0 radical (unpaired) electrons. The molecule has 0 saturated carbocycles. The summed E-state index contributed by atoms with van der Waals surface area (Å²) in [5.74, 6) is -0.319. The molecule has 1 aliphatic rings. The standard InChI is InChI=1S/C12H23NO3/c1-5-6-9(2)11(14)13-7-10-8-15-12(3,4)16-10/h9-10H,5-8H2,1-4H3,(H,13,14). The molecule has 94 valence electrons. The molecule has 1 amide bonds. The van der Waals surface area contributed by atoms with Gasteiger partial charge in [-0.1, -0.05) is 20.3 Å². The summed E-state index contributed by atoms with van der Waals surface area (Å²) in [5, 5.41) is 2.90. The first kappa shape index (κ1) is 13.5. The van der Waals surface area contributed by atoms with Gasteiger partial charge in [-0.15, -0.1) is 0 Å². The first-order valence-corrected chi connectivity index (χ1v) is 6.04. The zero-order valence-corrected chi connectivity index (χ0v) is 10.7. The number of ether oxygens (including phenoxy) is 2. The van der Waals surface area contributed by atoms with Crippen LogP contribution in [-0.4, -0.2) is 30.9 Å². The van der Waals surface area contributed by atoms with Crippen molar-refractivity contribution in [1.82, 2.24) is 5.32 Å². The van der Waals surface area contributed by atoms with E-state index in [0.29, 0.717) is 13.2 Å². The van der Waals surface area contributed by atoms with Crippen molar-refractivity contribution >= 4 is 5.91 Å². The first-order chi connectivity index (χ1) is 7.44. The molecule has 1 rings (SSSR count). The van der Waals surface area contributed by atoms with Gasteiger partial charge in [-0.2, -0.15) is 0 Å². The van der Waals surface area contributed by atoms with Crippen LogP contribution in [0, 0.1) is 5.92 Å². The van der Waals surface area contributed by atoms with Gasteiger partial charge in [0.25, 0.3) is 0 Å². The van der Waals surface area contributed by atoms with Gasteiger partial charge in [0.2, 0.25) is 5.91 Å². The van der Waals surface area contributed by atoms with E-state index < -0.39 is 5.79 Å². The highest BCUT2D eigenvalue weighted by molar-refractivity contribution is 5.78. The molecule has 0 spiro atoms. The number of amides is 1. The lowest BCUT2D eigenvalue weighted by Crippen LogP contribution is -2.37. The second kappa shape index (κ2) is 5.64. The minimum atomic E-state index is -0.509. The smallest absolute Gasteiger partial charge is 0.222 e.